The molecule has 0 amide bonds. The van der Waals surface area contributed by atoms with Crippen molar-refractivity contribution in [1.29, 1.82) is 0 Å². The maximum absolute atomic E-state index is 6.44. The molecule has 246 valence electrons. The molecule has 4 aromatic rings. The van der Waals surface area contributed by atoms with Crippen molar-refractivity contribution in [2.75, 3.05) is 7.11 Å². The van der Waals surface area contributed by atoms with Crippen LogP contribution in [-0.4, -0.2) is 49.2 Å². The Morgan fingerprint density at radius 1 is 0.804 bits per heavy atom. The number of hydrogen-bond donors (Lipinski definition) is 0. The van der Waals surface area contributed by atoms with E-state index in [9.17, 15) is 0 Å². The molecule has 0 unspecified atom stereocenters. The molecule has 7 nitrogen and oxygen atoms in total. The SMILES string of the molecule is CCC[CH2][Sn]([CH2]CCC)([CH2]CCC)[n]1nnc(-c2ccc(OC)cc2-c2ccc(COc3cc(CC)nc4c3CCCC4)cc2)n1. The summed E-state index contributed by atoms with van der Waals surface area (Å²) in [5.74, 6) is 2.54. The normalized spacial score (nSPS) is 13.1. The van der Waals surface area contributed by atoms with E-state index in [1.807, 2.05) is 6.07 Å². The number of ether oxygens (including phenoxy) is 2. The first-order valence-corrected chi connectivity index (χ1v) is 25.1. The second-order valence-corrected chi connectivity index (χ2v) is 25.3. The van der Waals surface area contributed by atoms with Crippen LogP contribution in [0.5, 0.6) is 11.5 Å². The van der Waals surface area contributed by atoms with E-state index in [1.165, 1.54) is 75.9 Å². The van der Waals surface area contributed by atoms with Gasteiger partial charge < -0.3 is 0 Å². The molecule has 2 heterocycles. The van der Waals surface area contributed by atoms with Gasteiger partial charge in [0.25, 0.3) is 0 Å². The standard InChI is InChI=1S/C26H26N5O2.3C4H9.Sn/c1-3-19-14-25(22-6-4-5-7-24(22)27-19)33-16-17-8-10-18(11-9-17)23-15-20(32-2)12-13-21(23)26-28-30-31-29-26;3*1-3-4-2;/h8-15H,3-7,16H2,1-2H3;3*1,3-4H2,2H3;/q-1;;;;+1. The Morgan fingerprint density at radius 3 is 2.15 bits per heavy atom. The Bertz CT molecular complexity index is 1530. The summed E-state index contributed by atoms with van der Waals surface area (Å²) >= 11 is -2.88. The van der Waals surface area contributed by atoms with Crippen molar-refractivity contribution in [1.82, 2.24) is 23.4 Å². The molecular formula is C38H53N5O2Sn. The van der Waals surface area contributed by atoms with Crippen LogP contribution < -0.4 is 9.47 Å². The van der Waals surface area contributed by atoms with Crippen LogP contribution >= 0.6 is 0 Å². The fourth-order valence-electron chi connectivity index (χ4n) is 6.77. The van der Waals surface area contributed by atoms with Crippen molar-refractivity contribution in [3.63, 3.8) is 0 Å². The zero-order chi connectivity index (χ0) is 32.4. The number of tetrazole rings is 1. The van der Waals surface area contributed by atoms with Gasteiger partial charge >= 0.3 is 215 Å². The Balaban J connectivity index is 1.41. The van der Waals surface area contributed by atoms with Gasteiger partial charge in [-0.25, -0.2) is 0 Å². The van der Waals surface area contributed by atoms with Crippen LogP contribution in [-0.2, 0) is 25.9 Å². The van der Waals surface area contributed by atoms with E-state index in [0.29, 0.717) is 12.4 Å². The van der Waals surface area contributed by atoms with Crippen LogP contribution in [0.4, 0.5) is 0 Å². The van der Waals surface area contributed by atoms with Gasteiger partial charge in [-0.05, 0) is 32.1 Å². The first-order chi connectivity index (χ1) is 22.5. The summed E-state index contributed by atoms with van der Waals surface area (Å²) in [4.78, 5) is 4.89. The third-order valence-electron chi connectivity index (χ3n) is 9.63. The topological polar surface area (TPSA) is 75.0 Å². The number of unbranched alkanes of at least 4 members (excludes halogenated alkanes) is 3. The van der Waals surface area contributed by atoms with Crippen molar-refractivity contribution in [3.05, 3.63) is 71.0 Å². The summed E-state index contributed by atoms with van der Waals surface area (Å²) < 4.78 is 18.2. The van der Waals surface area contributed by atoms with Gasteiger partial charge in [0.15, 0.2) is 0 Å². The Hall–Kier alpha value is -2.94. The number of rotatable bonds is 17. The second-order valence-electron chi connectivity index (χ2n) is 12.9. The summed E-state index contributed by atoms with van der Waals surface area (Å²) in [6.45, 7) is 9.58. The summed E-state index contributed by atoms with van der Waals surface area (Å²) in [5.41, 5.74) is 7.93. The quantitative estimate of drug-likeness (QED) is 0.101. The molecule has 1 aliphatic carbocycles. The first-order valence-electron chi connectivity index (χ1n) is 17.8. The van der Waals surface area contributed by atoms with Crippen molar-refractivity contribution in [2.24, 2.45) is 0 Å². The molecule has 0 radical (unpaired) electrons. The van der Waals surface area contributed by atoms with Crippen molar-refractivity contribution < 1.29 is 9.47 Å². The molecule has 2 aromatic carbocycles. The van der Waals surface area contributed by atoms with Crippen molar-refractivity contribution in [2.45, 2.75) is 118 Å². The molecule has 1 aliphatic rings. The van der Waals surface area contributed by atoms with Gasteiger partial charge in [0.2, 0.25) is 0 Å². The van der Waals surface area contributed by atoms with Crippen LogP contribution in [0.2, 0.25) is 13.3 Å². The molecule has 0 saturated heterocycles. The van der Waals surface area contributed by atoms with E-state index in [1.54, 1.807) is 7.11 Å². The number of fused-ring (bicyclic) bond motifs is 1. The van der Waals surface area contributed by atoms with Gasteiger partial charge in [0.05, 0.1) is 0 Å². The first kappa shape index (κ1) is 34.4. The van der Waals surface area contributed by atoms with Crippen LogP contribution in [0.3, 0.4) is 0 Å². The molecular weight excluding hydrogens is 677 g/mol. The molecule has 0 aliphatic heterocycles. The molecule has 2 aromatic heterocycles. The van der Waals surface area contributed by atoms with E-state index >= 15 is 0 Å². The number of benzene rings is 2. The Labute approximate surface area is 280 Å². The number of aryl methyl sites for hydroxylation is 2. The number of hydrogen-bond acceptors (Lipinski definition) is 6. The Kier molecular flexibility index (Phi) is 12.5. The van der Waals surface area contributed by atoms with Gasteiger partial charge in [-0.3, -0.25) is 4.98 Å². The molecule has 0 spiro atoms. The molecule has 0 saturated carbocycles. The zero-order valence-corrected chi connectivity index (χ0v) is 31.6. The van der Waals surface area contributed by atoms with Crippen LogP contribution in [0.1, 0.15) is 102 Å². The predicted molar refractivity (Wildman–Crippen MR) is 190 cm³/mol. The summed E-state index contributed by atoms with van der Waals surface area (Å²) in [6.07, 6.45) is 12.9. The van der Waals surface area contributed by atoms with E-state index in [0.717, 1.165) is 58.7 Å². The zero-order valence-electron chi connectivity index (χ0n) is 28.8. The van der Waals surface area contributed by atoms with Crippen molar-refractivity contribution in [3.8, 4) is 34.0 Å². The third-order valence-corrected chi connectivity index (χ3v) is 23.6. The molecule has 0 bridgehead atoms. The van der Waals surface area contributed by atoms with Crippen molar-refractivity contribution >= 4 is 18.7 Å². The number of nitrogens with zero attached hydrogens (tertiary/aromatic N) is 5. The Morgan fingerprint density at radius 2 is 1.50 bits per heavy atom. The minimum atomic E-state index is -2.88. The number of pyridine rings is 1. The number of aromatic nitrogens is 5. The second kappa shape index (κ2) is 16.8. The van der Waals surface area contributed by atoms with Gasteiger partial charge in [-0.1, -0.05) is 6.92 Å². The van der Waals surface area contributed by atoms with Gasteiger partial charge in [0.1, 0.15) is 0 Å². The molecule has 0 fully saturated rings. The summed E-state index contributed by atoms with van der Waals surface area (Å²) in [6, 6.07) is 17.0. The minimum absolute atomic E-state index is 0.531. The summed E-state index contributed by atoms with van der Waals surface area (Å²) in [5, 5.41) is 14.7. The van der Waals surface area contributed by atoms with E-state index in [2.05, 4.69) is 73.2 Å². The molecule has 5 rings (SSSR count). The summed E-state index contributed by atoms with van der Waals surface area (Å²) in [7, 11) is 1.72. The monoisotopic (exact) mass is 731 g/mol. The van der Waals surface area contributed by atoms with Gasteiger partial charge in [-0.2, -0.15) is 0 Å². The molecule has 8 heteroatoms. The van der Waals surface area contributed by atoms with E-state index in [4.69, 9.17) is 29.9 Å². The molecule has 46 heavy (non-hydrogen) atoms. The predicted octanol–water partition coefficient (Wildman–Crippen LogP) is 9.62. The fourth-order valence-corrected chi connectivity index (χ4v) is 20.8. The maximum atomic E-state index is 6.44. The van der Waals surface area contributed by atoms with Crippen LogP contribution in [0.25, 0.3) is 22.5 Å². The third kappa shape index (κ3) is 8.12. The van der Waals surface area contributed by atoms with Gasteiger partial charge in [0, 0.05) is 23.0 Å². The molecule has 0 atom stereocenters. The van der Waals surface area contributed by atoms with Gasteiger partial charge in [-0.15, -0.1) is 0 Å². The number of methoxy groups -OCH3 is 1. The molecule has 0 N–H and O–H groups in total. The van der Waals surface area contributed by atoms with E-state index in [-0.39, 0.29) is 0 Å². The van der Waals surface area contributed by atoms with Crippen LogP contribution in [0.15, 0.2) is 48.5 Å². The van der Waals surface area contributed by atoms with E-state index < -0.39 is 18.7 Å². The fraction of sp³-hybridized carbons (Fsp3) is 0.526. The average Bonchev–Trinajstić information content (AvgIpc) is 3.61. The van der Waals surface area contributed by atoms with Crippen LogP contribution in [0, 0.1) is 0 Å². The average molecular weight is 731 g/mol.